The second-order valence-corrected chi connectivity index (χ2v) is 6.87. The molecule has 0 aliphatic carbocycles. The number of rotatable bonds is 3. The number of nitrogens with two attached hydrogens (primary N) is 1. The van der Waals surface area contributed by atoms with Crippen LogP contribution in [0.15, 0.2) is 41.8 Å². The third kappa shape index (κ3) is 3.12. The molecule has 0 spiro atoms. The summed E-state index contributed by atoms with van der Waals surface area (Å²) in [5, 5.41) is 2.02. The summed E-state index contributed by atoms with van der Waals surface area (Å²) >= 11 is 3.25. The monoisotopic (exact) mass is 327 g/mol. The Bertz CT molecular complexity index is 729. The number of hydrogen-bond donors (Lipinski definition) is 1. The number of thiophene rings is 2. The maximum Gasteiger partial charge on any atom is 0.416 e. The van der Waals surface area contributed by atoms with Crippen molar-refractivity contribution in [1.29, 1.82) is 0 Å². The molecule has 0 saturated carbocycles. The van der Waals surface area contributed by atoms with E-state index in [0.717, 1.165) is 10.9 Å². The van der Waals surface area contributed by atoms with Gasteiger partial charge in [0.25, 0.3) is 0 Å². The Balaban J connectivity index is 1.81. The molecule has 3 rings (SSSR count). The lowest BCUT2D eigenvalue weighted by molar-refractivity contribution is -0.137. The zero-order chi connectivity index (χ0) is 15.0. The summed E-state index contributed by atoms with van der Waals surface area (Å²) in [4.78, 5) is 1.01. The van der Waals surface area contributed by atoms with Gasteiger partial charge in [-0.3, -0.25) is 0 Å². The standard InChI is InChI=1S/C15H12F3NS2/c16-15(17,18)10-3-1-2-9(6-10)7-11(19)13-8-14-12(21-13)4-5-20-14/h1-6,8,11H,7,19H2. The molecule has 2 heterocycles. The van der Waals surface area contributed by atoms with E-state index < -0.39 is 11.7 Å². The molecule has 0 fully saturated rings. The summed E-state index contributed by atoms with van der Waals surface area (Å²) in [6.07, 6.45) is -3.91. The van der Waals surface area contributed by atoms with E-state index in [-0.39, 0.29) is 6.04 Å². The number of fused-ring (bicyclic) bond motifs is 1. The van der Waals surface area contributed by atoms with Crippen molar-refractivity contribution >= 4 is 32.1 Å². The minimum atomic E-state index is -4.31. The van der Waals surface area contributed by atoms with E-state index in [9.17, 15) is 13.2 Å². The van der Waals surface area contributed by atoms with Crippen LogP contribution in [0.25, 0.3) is 9.40 Å². The topological polar surface area (TPSA) is 26.0 Å². The first-order valence-corrected chi connectivity index (χ1v) is 8.02. The smallest absolute Gasteiger partial charge is 0.323 e. The lowest BCUT2D eigenvalue weighted by Crippen LogP contribution is -2.12. The minimum absolute atomic E-state index is 0.280. The van der Waals surface area contributed by atoms with Crippen molar-refractivity contribution in [2.75, 3.05) is 0 Å². The van der Waals surface area contributed by atoms with Crippen LogP contribution in [0.3, 0.4) is 0 Å². The van der Waals surface area contributed by atoms with Crippen molar-refractivity contribution in [2.45, 2.75) is 18.6 Å². The Morgan fingerprint density at radius 1 is 1.10 bits per heavy atom. The molecule has 0 saturated heterocycles. The van der Waals surface area contributed by atoms with Crippen molar-refractivity contribution in [1.82, 2.24) is 0 Å². The van der Waals surface area contributed by atoms with Gasteiger partial charge >= 0.3 is 6.18 Å². The highest BCUT2D eigenvalue weighted by Gasteiger charge is 2.30. The number of alkyl halides is 3. The van der Waals surface area contributed by atoms with Crippen molar-refractivity contribution in [2.24, 2.45) is 5.73 Å². The molecule has 2 aromatic heterocycles. The molecule has 1 nitrogen and oxygen atoms in total. The van der Waals surface area contributed by atoms with Gasteiger partial charge in [-0.05, 0) is 35.6 Å². The first-order valence-electron chi connectivity index (χ1n) is 6.32. The maximum atomic E-state index is 12.7. The number of hydrogen-bond acceptors (Lipinski definition) is 3. The molecule has 21 heavy (non-hydrogen) atoms. The van der Waals surface area contributed by atoms with E-state index in [1.165, 1.54) is 21.5 Å². The summed E-state index contributed by atoms with van der Waals surface area (Å²) in [5.74, 6) is 0. The van der Waals surface area contributed by atoms with Crippen LogP contribution in [0, 0.1) is 0 Å². The highest BCUT2D eigenvalue weighted by molar-refractivity contribution is 7.26. The normalized spacial score (nSPS) is 13.7. The van der Waals surface area contributed by atoms with Crippen LogP contribution < -0.4 is 5.73 Å². The first kappa shape index (κ1) is 14.6. The quantitative estimate of drug-likeness (QED) is 0.701. The van der Waals surface area contributed by atoms with Crippen molar-refractivity contribution in [3.8, 4) is 0 Å². The van der Waals surface area contributed by atoms with Crippen LogP contribution in [0.1, 0.15) is 22.0 Å². The molecule has 2 N–H and O–H groups in total. The highest BCUT2D eigenvalue weighted by atomic mass is 32.1. The van der Waals surface area contributed by atoms with E-state index in [1.54, 1.807) is 28.7 Å². The van der Waals surface area contributed by atoms with E-state index in [1.807, 2.05) is 17.5 Å². The molecule has 1 unspecified atom stereocenters. The van der Waals surface area contributed by atoms with Gasteiger partial charge in [0.05, 0.1) is 5.56 Å². The van der Waals surface area contributed by atoms with E-state index >= 15 is 0 Å². The Kier molecular flexibility index (Phi) is 3.77. The molecule has 0 amide bonds. The van der Waals surface area contributed by atoms with E-state index in [0.29, 0.717) is 12.0 Å². The molecular weight excluding hydrogens is 315 g/mol. The molecular formula is C15H12F3NS2. The molecule has 0 bridgehead atoms. The van der Waals surface area contributed by atoms with Gasteiger partial charge < -0.3 is 5.73 Å². The molecule has 1 atom stereocenters. The van der Waals surface area contributed by atoms with Gasteiger partial charge in [0.15, 0.2) is 0 Å². The van der Waals surface area contributed by atoms with Gasteiger partial charge in [0.1, 0.15) is 0 Å². The zero-order valence-electron chi connectivity index (χ0n) is 10.9. The SMILES string of the molecule is NC(Cc1cccc(C(F)(F)F)c1)c1cc2sccc2s1. The van der Waals surface area contributed by atoms with Crippen LogP contribution in [-0.4, -0.2) is 0 Å². The van der Waals surface area contributed by atoms with Gasteiger partial charge in [-0.25, -0.2) is 0 Å². The predicted octanol–water partition coefficient (Wildman–Crippen LogP) is 5.22. The van der Waals surface area contributed by atoms with Gasteiger partial charge in [-0.1, -0.05) is 18.2 Å². The Morgan fingerprint density at radius 2 is 1.90 bits per heavy atom. The highest BCUT2D eigenvalue weighted by Crippen LogP contribution is 2.34. The Morgan fingerprint density at radius 3 is 2.62 bits per heavy atom. The molecule has 0 radical (unpaired) electrons. The average molecular weight is 327 g/mol. The third-order valence-electron chi connectivity index (χ3n) is 3.23. The average Bonchev–Trinajstić information content (AvgIpc) is 2.98. The van der Waals surface area contributed by atoms with Gasteiger partial charge in [-0.15, -0.1) is 22.7 Å². The summed E-state index contributed by atoms with van der Waals surface area (Å²) in [6.45, 7) is 0. The molecule has 110 valence electrons. The maximum absolute atomic E-state index is 12.7. The summed E-state index contributed by atoms with van der Waals surface area (Å²) < 4.78 is 40.4. The van der Waals surface area contributed by atoms with Crippen LogP contribution >= 0.6 is 22.7 Å². The molecule has 6 heteroatoms. The van der Waals surface area contributed by atoms with Crippen LogP contribution in [0.2, 0.25) is 0 Å². The zero-order valence-corrected chi connectivity index (χ0v) is 12.5. The number of benzene rings is 1. The Labute approximate surface area is 127 Å². The molecule has 0 aliphatic heterocycles. The predicted molar refractivity (Wildman–Crippen MR) is 81.8 cm³/mol. The molecule has 3 aromatic rings. The lowest BCUT2D eigenvalue weighted by atomic mass is 10.0. The largest absolute Gasteiger partial charge is 0.416 e. The van der Waals surface area contributed by atoms with Crippen LogP contribution in [0.4, 0.5) is 13.2 Å². The van der Waals surface area contributed by atoms with Crippen molar-refractivity contribution < 1.29 is 13.2 Å². The summed E-state index contributed by atoms with van der Waals surface area (Å²) in [7, 11) is 0. The van der Waals surface area contributed by atoms with Gasteiger partial charge in [0.2, 0.25) is 0 Å². The van der Waals surface area contributed by atoms with E-state index in [4.69, 9.17) is 5.73 Å². The molecule has 1 aromatic carbocycles. The van der Waals surface area contributed by atoms with Gasteiger partial charge in [-0.2, -0.15) is 13.2 Å². The van der Waals surface area contributed by atoms with Crippen LogP contribution in [-0.2, 0) is 12.6 Å². The fourth-order valence-corrected chi connectivity index (χ4v) is 4.32. The van der Waals surface area contributed by atoms with Crippen LogP contribution in [0.5, 0.6) is 0 Å². The van der Waals surface area contributed by atoms with Gasteiger partial charge in [0, 0.05) is 20.3 Å². The second-order valence-electron chi connectivity index (χ2n) is 4.81. The summed E-state index contributed by atoms with van der Waals surface area (Å²) in [5.41, 5.74) is 6.12. The Hall–Kier alpha value is -1.37. The van der Waals surface area contributed by atoms with Crippen molar-refractivity contribution in [3.63, 3.8) is 0 Å². The van der Waals surface area contributed by atoms with Crippen molar-refractivity contribution in [3.05, 3.63) is 57.8 Å². The second kappa shape index (κ2) is 5.44. The first-order chi connectivity index (χ1) is 9.93. The fraction of sp³-hybridized carbons (Fsp3) is 0.200. The fourth-order valence-electron chi connectivity index (χ4n) is 2.20. The minimum Gasteiger partial charge on any atom is -0.323 e. The number of halogens is 3. The molecule has 0 aliphatic rings. The van der Waals surface area contributed by atoms with E-state index in [2.05, 4.69) is 0 Å². The third-order valence-corrected chi connectivity index (χ3v) is 5.46. The summed E-state index contributed by atoms with van der Waals surface area (Å²) in [6, 6.07) is 9.15. The lowest BCUT2D eigenvalue weighted by Gasteiger charge is -2.12.